The first-order valence-corrected chi connectivity index (χ1v) is 9.70. The number of aromatic carboxylic acids is 1. The summed E-state index contributed by atoms with van der Waals surface area (Å²) in [5.74, 6) is -2.51. The molecular formula is C21H17ClFNO3S. The highest BCUT2D eigenvalue weighted by atomic mass is 35.5. The molecule has 144 valence electrons. The summed E-state index contributed by atoms with van der Waals surface area (Å²) in [6.45, 7) is 3.49. The molecule has 0 aliphatic rings. The molecule has 1 heterocycles. The van der Waals surface area contributed by atoms with Crippen molar-refractivity contribution in [1.29, 1.82) is 0 Å². The molecule has 0 atom stereocenters. The molecule has 28 heavy (non-hydrogen) atoms. The molecule has 0 saturated carbocycles. The summed E-state index contributed by atoms with van der Waals surface area (Å²) in [5, 5.41) is 9.86. The van der Waals surface area contributed by atoms with Crippen molar-refractivity contribution in [2.24, 2.45) is 0 Å². The molecule has 0 aliphatic heterocycles. The van der Waals surface area contributed by atoms with Gasteiger partial charge in [-0.15, -0.1) is 11.3 Å². The van der Waals surface area contributed by atoms with E-state index in [-0.39, 0.29) is 27.2 Å². The molecule has 4 nitrogen and oxygen atoms in total. The number of carboxylic acid groups (broad SMARTS) is 1. The van der Waals surface area contributed by atoms with Crippen LogP contribution in [0.4, 0.5) is 10.1 Å². The smallest absolute Gasteiger partial charge is 0.348 e. The molecule has 1 N–H and O–H groups in total. The minimum absolute atomic E-state index is 0.0234. The lowest BCUT2D eigenvalue weighted by molar-refractivity contribution is 0.0703. The second kappa shape index (κ2) is 8.12. The number of hydrogen-bond acceptors (Lipinski definition) is 3. The van der Waals surface area contributed by atoms with Crippen molar-refractivity contribution >= 4 is 40.5 Å². The van der Waals surface area contributed by atoms with Gasteiger partial charge in [-0.05, 0) is 43.7 Å². The number of thiophene rings is 1. The Labute approximate surface area is 170 Å². The third-order valence-electron chi connectivity index (χ3n) is 4.12. The number of rotatable bonds is 5. The average molecular weight is 418 g/mol. The largest absolute Gasteiger partial charge is 0.477 e. The maximum atomic E-state index is 14.3. The molecule has 2 aromatic carbocycles. The van der Waals surface area contributed by atoms with Crippen LogP contribution >= 0.6 is 22.9 Å². The van der Waals surface area contributed by atoms with Gasteiger partial charge in [0.25, 0.3) is 5.91 Å². The van der Waals surface area contributed by atoms with Crippen molar-refractivity contribution in [2.75, 3.05) is 4.90 Å². The van der Waals surface area contributed by atoms with E-state index >= 15 is 0 Å². The summed E-state index contributed by atoms with van der Waals surface area (Å²) in [5.41, 5.74) is 0.919. The molecule has 0 fully saturated rings. The van der Waals surface area contributed by atoms with Gasteiger partial charge in [0, 0.05) is 15.9 Å². The number of nitrogens with zero attached hydrogens (tertiary/aromatic N) is 1. The van der Waals surface area contributed by atoms with Crippen molar-refractivity contribution in [3.05, 3.63) is 75.9 Å². The molecular weight excluding hydrogens is 401 g/mol. The fourth-order valence-electron chi connectivity index (χ4n) is 2.87. The Morgan fingerprint density at radius 3 is 2.36 bits per heavy atom. The summed E-state index contributed by atoms with van der Waals surface area (Å²) in [7, 11) is 0. The Balaban J connectivity index is 2.13. The lowest BCUT2D eigenvalue weighted by atomic mass is 10.1. The number of carbonyl (C=O) groups is 2. The Hall–Kier alpha value is -2.70. The predicted molar refractivity (Wildman–Crippen MR) is 110 cm³/mol. The Morgan fingerprint density at radius 1 is 1.11 bits per heavy atom. The predicted octanol–water partition coefficient (Wildman–Crippen LogP) is 5.96. The van der Waals surface area contributed by atoms with Crippen molar-refractivity contribution in [2.45, 2.75) is 19.9 Å². The molecule has 3 aromatic rings. The molecule has 0 bridgehead atoms. The van der Waals surface area contributed by atoms with Gasteiger partial charge in [-0.25, -0.2) is 9.18 Å². The second-order valence-electron chi connectivity index (χ2n) is 6.39. The van der Waals surface area contributed by atoms with E-state index in [9.17, 15) is 19.1 Å². The molecule has 7 heteroatoms. The first kappa shape index (κ1) is 20.0. The monoisotopic (exact) mass is 417 g/mol. The van der Waals surface area contributed by atoms with Gasteiger partial charge in [-0.1, -0.05) is 41.9 Å². The molecule has 0 spiro atoms. The molecule has 1 amide bonds. The van der Waals surface area contributed by atoms with Crippen molar-refractivity contribution < 1.29 is 19.1 Å². The Kier molecular flexibility index (Phi) is 5.82. The molecule has 0 saturated heterocycles. The minimum Gasteiger partial charge on any atom is -0.477 e. The zero-order valence-electron chi connectivity index (χ0n) is 15.1. The fourth-order valence-corrected chi connectivity index (χ4v) is 4.03. The van der Waals surface area contributed by atoms with Gasteiger partial charge in [0.05, 0.1) is 11.3 Å². The minimum atomic E-state index is -1.14. The highest BCUT2D eigenvalue weighted by Gasteiger charge is 2.29. The van der Waals surface area contributed by atoms with Crippen LogP contribution in [0.5, 0.6) is 0 Å². The summed E-state index contributed by atoms with van der Waals surface area (Å²) in [6, 6.07) is 14.4. The van der Waals surface area contributed by atoms with Crippen LogP contribution in [0.2, 0.25) is 5.02 Å². The zero-order valence-corrected chi connectivity index (χ0v) is 16.7. The standard InChI is InChI=1S/C21H17ClFNO3S/c1-12(2)24(20(25)15-9-8-14(22)10-16(15)23)17-11-18(28-19(17)21(26)27)13-6-4-3-5-7-13/h3-12H,1-2H3,(H,26,27). The summed E-state index contributed by atoms with van der Waals surface area (Å²) < 4.78 is 14.3. The van der Waals surface area contributed by atoms with E-state index in [0.29, 0.717) is 4.88 Å². The van der Waals surface area contributed by atoms with Gasteiger partial charge in [0.1, 0.15) is 10.7 Å². The van der Waals surface area contributed by atoms with E-state index in [4.69, 9.17) is 11.6 Å². The number of anilines is 1. The quantitative estimate of drug-likeness (QED) is 0.557. The summed E-state index contributed by atoms with van der Waals surface area (Å²) in [6.07, 6.45) is 0. The van der Waals surface area contributed by atoms with E-state index in [1.165, 1.54) is 17.0 Å². The first-order valence-electron chi connectivity index (χ1n) is 8.50. The van der Waals surface area contributed by atoms with Gasteiger partial charge in [0.2, 0.25) is 0 Å². The van der Waals surface area contributed by atoms with Crippen molar-refractivity contribution in [3.63, 3.8) is 0 Å². The number of amides is 1. The Morgan fingerprint density at radius 2 is 1.79 bits per heavy atom. The molecule has 1 aromatic heterocycles. The van der Waals surface area contributed by atoms with Crippen LogP contribution in [0.1, 0.15) is 33.9 Å². The highest BCUT2D eigenvalue weighted by Crippen LogP contribution is 2.38. The van der Waals surface area contributed by atoms with Gasteiger partial charge in [0.15, 0.2) is 0 Å². The molecule has 0 radical (unpaired) electrons. The van der Waals surface area contributed by atoms with Gasteiger partial charge in [-0.2, -0.15) is 0 Å². The van der Waals surface area contributed by atoms with E-state index in [2.05, 4.69) is 0 Å². The number of benzene rings is 2. The van der Waals surface area contributed by atoms with Gasteiger partial charge >= 0.3 is 5.97 Å². The van der Waals surface area contributed by atoms with E-state index in [1.54, 1.807) is 19.9 Å². The maximum absolute atomic E-state index is 14.3. The number of carbonyl (C=O) groups excluding carboxylic acids is 1. The number of halogens is 2. The van der Waals surface area contributed by atoms with Crippen LogP contribution in [0.15, 0.2) is 54.6 Å². The van der Waals surface area contributed by atoms with Crippen LogP contribution in [0.25, 0.3) is 10.4 Å². The van der Waals surface area contributed by atoms with Gasteiger partial charge in [-0.3, -0.25) is 4.79 Å². The van der Waals surface area contributed by atoms with E-state index in [1.807, 2.05) is 30.3 Å². The summed E-state index contributed by atoms with van der Waals surface area (Å²) in [4.78, 5) is 27.0. The van der Waals surface area contributed by atoms with Crippen LogP contribution < -0.4 is 4.90 Å². The number of hydrogen-bond donors (Lipinski definition) is 1. The van der Waals surface area contributed by atoms with E-state index in [0.717, 1.165) is 23.0 Å². The van der Waals surface area contributed by atoms with Crippen LogP contribution in [-0.4, -0.2) is 23.0 Å². The van der Waals surface area contributed by atoms with Crippen LogP contribution in [-0.2, 0) is 0 Å². The van der Waals surface area contributed by atoms with Crippen molar-refractivity contribution in [3.8, 4) is 10.4 Å². The SMILES string of the molecule is CC(C)N(C(=O)c1ccc(Cl)cc1F)c1cc(-c2ccccc2)sc1C(=O)O. The fraction of sp³-hybridized carbons (Fsp3) is 0.143. The third-order valence-corrected chi connectivity index (χ3v) is 5.52. The highest BCUT2D eigenvalue weighted by molar-refractivity contribution is 7.18. The third kappa shape index (κ3) is 3.93. The van der Waals surface area contributed by atoms with Crippen LogP contribution in [0, 0.1) is 5.82 Å². The van der Waals surface area contributed by atoms with E-state index < -0.39 is 17.7 Å². The van der Waals surface area contributed by atoms with Crippen molar-refractivity contribution in [1.82, 2.24) is 0 Å². The van der Waals surface area contributed by atoms with Crippen LogP contribution in [0.3, 0.4) is 0 Å². The molecule has 0 aliphatic carbocycles. The summed E-state index contributed by atoms with van der Waals surface area (Å²) >= 11 is 6.86. The lowest BCUT2D eigenvalue weighted by Crippen LogP contribution is -2.38. The normalized spacial score (nSPS) is 10.9. The molecule has 3 rings (SSSR count). The first-order chi connectivity index (χ1) is 13.3. The van der Waals surface area contributed by atoms with Gasteiger partial charge < -0.3 is 10.0 Å². The maximum Gasteiger partial charge on any atom is 0.348 e. The zero-order chi connectivity index (χ0) is 20.4. The average Bonchev–Trinajstić information content (AvgIpc) is 3.07. The Bertz CT molecular complexity index is 1030. The second-order valence-corrected chi connectivity index (χ2v) is 7.88. The lowest BCUT2D eigenvalue weighted by Gasteiger charge is -2.26. The number of carboxylic acids is 1. The topological polar surface area (TPSA) is 57.6 Å². The molecule has 0 unspecified atom stereocenters.